The molecule has 0 fully saturated rings. The Hall–Kier alpha value is -2.54. The van der Waals surface area contributed by atoms with Gasteiger partial charge in [0, 0.05) is 19.3 Å². The summed E-state index contributed by atoms with van der Waals surface area (Å²) in [4.78, 5) is 20.5. The predicted octanol–water partition coefficient (Wildman–Crippen LogP) is 2.59. The van der Waals surface area contributed by atoms with E-state index in [9.17, 15) is 4.79 Å². The first-order chi connectivity index (χ1) is 11.5. The maximum absolute atomic E-state index is 12.7. The number of hydrogen-bond donors (Lipinski definition) is 1. The summed E-state index contributed by atoms with van der Waals surface area (Å²) in [6.45, 7) is 3.60. The normalized spacial score (nSPS) is 10.7. The molecular formula is C17H24N4O3. The first-order valence-electron chi connectivity index (χ1n) is 7.74. The number of carbonyl (C=O) groups is 1. The van der Waals surface area contributed by atoms with E-state index in [2.05, 4.69) is 10.3 Å². The Morgan fingerprint density at radius 3 is 2.71 bits per heavy atom. The van der Waals surface area contributed by atoms with Gasteiger partial charge in [0.15, 0.2) is 0 Å². The molecule has 7 nitrogen and oxygen atoms in total. The van der Waals surface area contributed by atoms with Crippen molar-refractivity contribution in [2.45, 2.75) is 13.5 Å². The minimum atomic E-state index is -0.225. The van der Waals surface area contributed by atoms with Gasteiger partial charge in [0.25, 0.3) is 0 Å². The molecule has 2 heterocycles. The summed E-state index contributed by atoms with van der Waals surface area (Å²) in [6, 6.07) is 7.05. The summed E-state index contributed by atoms with van der Waals surface area (Å²) in [7, 11) is 5.46. The number of likely N-dealkylation sites (N-methyl/N-ethyl adjacent to an activating group) is 1. The highest BCUT2D eigenvalue weighted by Gasteiger charge is 2.17. The smallest absolute Gasteiger partial charge is 0.322 e. The van der Waals surface area contributed by atoms with Gasteiger partial charge in [-0.1, -0.05) is 0 Å². The Bertz CT molecular complexity index is 669. The van der Waals surface area contributed by atoms with Gasteiger partial charge in [-0.05, 0) is 45.3 Å². The molecule has 0 unspecified atom stereocenters. The third kappa shape index (κ3) is 4.99. The lowest BCUT2D eigenvalue weighted by atomic mass is 10.3. The Labute approximate surface area is 142 Å². The van der Waals surface area contributed by atoms with E-state index in [1.54, 1.807) is 23.2 Å². The van der Waals surface area contributed by atoms with Crippen LogP contribution in [0.2, 0.25) is 0 Å². The van der Waals surface area contributed by atoms with Gasteiger partial charge in [0.1, 0.15) is 17.2 Å². The van der Waals surface area contributed by atoms with Crippen LogP contribution >= 0.6 is 0 Å². The number of pyridine rings is 1. The predicted molar refractivity (Wildman–Crippen MR) is 92.2 cm³/mol. The largest absolute Gasteiger partial charge is 0.480 e. The summed E-state index contributed by atoms with van der Waals surface area (Å²) in [5, 5.41) is 2.85. The number of anilines is 1. The molecule has 0 spiro atoms. The molecule has 24 heavy (non-hydrogen) atoms. The number of hydrogen-bond acceptors (Lipinski definition) is 5. The number of aromatic nitrogens is 1. The van der Waals surface area contributed by atoms with E-state index < -0.39 is 0 Å². The third-order valence-corrected chi connectivity index (χ3v) is 3.45. The highest BCUT2D eigenvalue weighted by molar-refractivity contribution is 5.90. The summed E-state index contributed by atoms with van der Waals surface area (Å²) >= 11 is 0. The zero-order valence-corrected chi connectivity index (χ0v) is 14.6. The van der Waals surface area contributed by atoms with E-state index in [0.717, 1.165) is 18.1 Å². The minimum Gasteiger partial charge on any atom is -0.480 e. The second-order valence-electron chi connectivity index (χ2n) is 5.73. The van der Waals surface area contributed by atoms with Crippen LogP contribution in [0.15, 0.2) is 34.9 Å². The van der Waals surface area contributed by atoms with Gasteiger partial charge in [-0.15, -0.1) is 0 Å². The van der Waals surface area contributed by atoms with Gasteiger partial charge in [0.05, 0.1) is 13.7 Å². The number of aryl methyl sites for hydroxylation is 1. The van der Waals surface area contributed by atoms with Crippen LogP contribution in [-0.4, -0.2) is 55.1 Å². The van der Waals surface area contributed by atoms with Crippen molar-refractivity contribution in [2.24, 2.45) is 0 Å². The number of amides is 2. The highest BCUT2D eigenvalue weighted by atomic mass is 16.5. The maximum atomic E-state index is 12.7. The molecule has 0 saturated carbocycles. The first kappa shape index (κ1) is 17.8. The summed E-state index contributed by atoms with van der Waals surface area (Å²) in [5.41, 5.74) is 0.537. The van der Waals surface area contributed by atoms with E-state index in [0.29, 0.717) is 24.7 Å². The van der Waals surface area contributed by atoms with Crippen molar-refractivity contribution in [1.29, 1.82) is 0 Å². The molecule has 1 N–H and O–H groups in total. The first-order valence-corrected chi connectivity index (χ1v) is 7.74. The highest BCUT2D eigenvalue weighted by Crippen LogP contribution is 2.20. The number of ether oxygens (including phenoxy) is 1. The topological polar surface area (TPSA) is 70.8 Å². The van der Waals surface area contributed by atoms with E-state index in [4.69, 9.17) is 9.15 Å². The molecule has 0 atom stereocenters. The monoisotopic (exact) mass is 332 g/mol. The van der Waals surface area contributed by atoms with Crippen molar-refractivity contribution >= 4 is 11.7 Å². The Balaban J connectivity index is 2.10. The quantitative estimate of drug-likeness (QED) is 0.844. The molecule has 0 aliphatic carbocycles. The molecule has 130 valence electrons. The molecule has 7 heteroatoms. The van der Waals surface area contributed by atoms with Crippen LogP contribution in [0, 0.1) is 6.92 Å². The minimum absolute atomic E-state index is 0.225. The van der Waals surface area contributed by atoms with Gasteiger partial charge in [0.2, 0.25) is 5.88 Å². The zero-order valence-electron chi connectivity index (χ0n) is 14.6. The molecule has 0 saturated heterocycles. The zero-order chi connectivity index (χ0) is 17.5. The van der Waals surface area contributed by atoms with E-state index in [-0.39, 0.29) is 6.03 Å². The Morgan fingerprint density at radius 2 is 2.08 bits per heavy atom. The lowest BCUT2D eigenvalue weighted by molar-refractivity contribution is 0.196. The molecule has 2 aromatic heterocycles. The van der Waals surface area contributed by atoms with Crippen LogP contribution in [0.3, 0.4) is 0 Å². The van der Waals surface area contributed by atoms with Crippen LogP contribution in [0.25, 0.3) is 0 Å². The van der Waals surface area contributed by atoms with Gasteiger partial charge in [-0.2, -0.15) is 0 Å². The molecule has 0 aliphatic rings. The number of carbonyl (C=O) groups excluding carboxylic acids is 1. The van der Waals surface area contributed by atoms with Gasteiger partial charge >= 0.3 is 6.03 Å². The SMILES string of the molecule is COc1ncccc1NC(=O)N(CCN(C)C)Cc1ccc(C)o1. The summed E-state index contributed by atoms with van der Waals surface area (Å²) in [5.74, 6) is 1.96. The standard InChI is InChI=1S/C17H24N4O3/c1-13-7-8-14(24-13)12-21(11-10-20(2)3)17(22)19-15-6-5-9-18-16(15)23-4/h5-9H,10-12H2,1-4H3,(H,19,22). The van der Waals surface area contributed by atoms with Crippen molar-refractivity contribution in [3.63, 3.8) is 0 Å². The molecular weight excluding hydrogens is 308 g/mol. The number of methoxy groups -OCH3 is 1. The second kappa shape index (κ2) is 8.35. The van der Waals surface area contributed by atoms with Crippen LogP contribution in [-0.2, 0) is 6.54 Å². The number of nitrogens with one attached hydrogen (secondary N) is 1. The van der Waals surface area contributed by atoms with Crippen LogP contribution in [0.5, 0.6) is 5.88 Å². The van der Waals surface area contributed by atoms with Gasteiger partial charge in [-0.3, -0.25) is 0 Å². The molecule has 2 aromatic rings. The van der Waals surface area contributed by atoms with Crippen molar-refractivity contribution in [3.8, 4) is 5.88 Å². The molecule has 2 rings (SSSR count). The molecule has 0 aromatic carbocycles. The number of rotatable bonds is 7. The second-order valence-corrected chi connectivity index (χ2v) is 5.73. The lowest BCUT2D eigenvalue weighted by Gasteiger charge is -2.24. The molecule has 0 radical (unpaired) electrons. The summed E-state index contributed by atoms with van der Waals surface area (Å²) in [6.07, 6.45) is 1.62. The van der Waals surface area contributed by atoms with Gasteiger partial charge < -0.3 is 24.3 Å². The van der Waals surface area contributed by atoms with E-state index in [1.165, 1.54) is 7.11 Å². The third-order valence-electron chi connectivity index (χ3n) is 3.45. The fourth-order valence-corrected chi connectivity index (χ4v) is 2.17. The molecule has 0 aliphatic heterocycles. The fraction of sp³-hybridized carbons (Fsp3) is 0.412. The van der Waals surface area contributed by atoms with Crippen LogP contribution < -0.4 is 10.1 Å². The van der Waals surface area contributed by atoms with Crippen LogP contribution in [0.4, 0.5) is 10.5 Å². The van der Waals surface area contributed by atoms with E-state index >= 15 is 0 Å². The molecule has 2 amide bonds. The lowest BCUT2D eigenvalue weighted by Crippen LogP contribution is -2.39. The van der Waals surface area contributed by atoms with Crippen molar-refractivity contribution in [2.75, 3.05) is 39.6 Å². The maximum Gasteiger partial charge on any atom is 0.322 e. The van der Waals surface area contributed by atoms with Crippen molar-refractivity contribution in [3.05, 3.63) is 42.0 Å². The van der Waals surface area contributed by atoms with Gasteiger partial charge in [-0.25, -0.2) is 9.78 Å². The number of urea groups is 1. The van der Waals surface area contributed by atoms with E-state index in [1.807, 2.05) is 38.1 Å². The number of furan rings is 1. The average molecular weight is 332 g/mol. The average Bonchev–Trinajstić information content (AvgIpc) is 2.96. The Morgan fingerprint density at radius 1 is 1.29 bits per heavy atom. The van der Waals surface area contributed by atoms with Crippen molar-refractivity contribution < 1.29 is 13.9 Å². The van der Waals surface area contributed by atoms with Crippen molar-refractivity contribution in [1.82, 2.24) is 14.8 Å². The summed E-state index contributed by atoms with van der Waals surface area (Å²) < 4.78 is 10.8. The number of nitrogens with zero attached hydrogens (tertiary/aromatic N) is 3. The Kier molecular flexibility index (Phi) is 6.20. The fourth-order valence-electron chi connectivity index (χ4n) is 2.17. The van der Waals surface area contributed by atoms with Crippen LogP contribution in [0.1, 0.15) is 11.5 Å². The molecule has 0 bridgehead atoms.